The van der Waals surface area contributed by atoms with Crippen LogP contribution in [0.15, 0.2) is 30.3 Å². The smallest absolute Gasteiger partial charge is 0.273 e. The molecule has 0 saturated heterocycles. The van der Waals surface area contributed by atoms with Gasteiger partial charge in [-0.15, -0.1) is 11.3 Å². The van der Waals surface area contributed by atoms with Crippen molar-refractivity contribution < 1.29 is 4.92 Å². The molecule has 0 atom stereocenters. The summed E-state index contributed by atoms with van der Waals surface area (Å²) in [6.07, 6.45) is 0.972. The van der Waals surface area contributed by atoms with Crippen molar-refractivity contribution in [3.05, 3.63) is 50.2 Å². The van der Waals surface area contributed by atoms with Crippen molar-refractivity contribution in [1.82, 2.24) is 0 Å². The summed E-state index contributed by atoms with van der Waals surface area (Å²) in [6, 6.07) is 9.18. The average Bonchev–Trinajstić information content (AvgIpc) is 2.88. The highest BCUT2D eigenvalue weighted by molar-refractivity contribution is 7.11. The summed E-state index contributed by atoms with van der Waals surface area (Å²) >= 11 is 1.72. The number of nitro benzene ring substituents is 1. The lowest BCUT2D eigenvalue weighted by atomic mass is 10.2. The van der Waals surface area contributed by atoms with Gasteiger partial charge in [-0.3, -0.25) is 10.1 Å². The predicted molar refractivity (Wildman–Crippen MR) is 88.3 cm³/mol. The van der Waals surface area contributed by atoms with Crippen LogP contribution >= 0.6 is 11.3 Å². The van der Waals surface area contributed by atoms with Crippen LogP contribution < -0.4 is 10.6 Å². The molecular formula is C15H19N3O2S. The van der Waals surface area contributed by atoms with Crippen LogP contribution in [0, 0.1) is 17.0 Å². The van der Waals surface area contributed by atoms with Gasteiger partial charge in [0.2, 0.25) is 0 Å². The molecule has 112 valence electrons. The minimum Gasteiger partial charge on any atom is -0.385 e. The van der Waals surface area contributed by atoms with Gasteiger partial charge in [-0.25, -0.2) is 0 Å². The molecule has 2 aromatic rings. The summed E-state index contributed by atoms with van der Waals surface area (Å²) in [5.41, 5.74) is 1.63. The number of aryl methyl sites for hydroxylation is 1. The Morgan fingerprint density at radius 2 is 1.90 bits per heavy atom. The van der Waals surface area contributed by atoms with E-state index in [9.17, 15) is 10.1 Å². The van der Waals surface area contributed by atoms with Crippen LogP contribution in [0.5, 0.6) is 0 Å². The topological polar surface area (TPSA) is 67.2 Å². The zero-order valence-corrected chi connectivity index (χ0v) is 13.0. The molecule has 0 radical (unpaired) electrons. The van der Waals surface area contributed by atoms with Crippen LogP contribution in [-0.4, -0.2) is 11.5 Å². The number of nitro groups is 1. The third-order valence-corrected chi connectivity index (χ3v) is 3.97. The molecular weight excluding hydrogens is 286 g/mol. The first-order valence-corrected chi connectivity index (χ1v) is 7.72. The molecule has 0 bridgehead atoms. The van der Waals surface area contributed by atoms with Crippen molar-refractivity contribution in [2.75, 3.05) is 17.2 Å². The maximum Gasteiger partial charge on any atom is 0.273 e. The first-order valence-electron chi connectivity index (χ1n) is 6.91. The fraction of sp³-hybridized carbons (Fsp3) is 0.333. The molecule has 6 heteroatoms. The number of hydrogen-bond donors (Lipinski definition) is 2. The van der Waals surface area contributed by atoms with Crippen molar-refractivity contribution in [3.8, 4) is 0 Å². The number of nitrogens with one attached hydrogen (secondary N) is 2. The van der Waals surface area contributed by atoms with Crippen LogP contribution in [0.25, 0.3) is 0 Å². The molecule has 0 fully saturated rings. The van der Waals surface area contributed by atoms with E-state index in [4.69, 9.17) is 0 Å². The van der Waals surface area contributed by atoms with Gasteiger partial charge in [0.25, 0.3) is 5.69 Å². The van der Waals surface area contributed by atoms with E-state index >= 15 is 0 Å². The Hall–Kier alpha value is -2.08. The third-order valence-electron chi connectivity index (χ3n) is 2.97. The first kappa shape index (κ1) is 15.3. The van der Waals surface area contributed by atoms with Crippen LogP contribution in [0.4, 0.5) is 17.1 Å². The van der Waals surface area contributed by atoms with Gasteiger partial charge >= 0.3 is 0 Å². The highest BCUT2D eigenvalue weighted by Gasteiger charge is 2.09. The quantitative estimate of drug-likeness (QED) is 0.588. The molecule has 0 aliphatic rings. The SMILES string of the molecule is CCCNc1cc(NCc2ccc(C)s2)cc([N+](=O)[O-])c1. The van der Waals surface area contributed by atoms with Crippen LogP contribution in [0.2, 0.25) is 0 Å². The minimum atomic E-state index is -0.363. The Labute approximate surface area is 128 Å². The number of thiophene rings is 1. The second-order valence-corrected chi connectivity index (χ2v) is 6.19. The summed E-state index contributed by atoms with van der Waals surface area (Å²) in [7, 11) is 0. The fourth-order valence-corrected chi connectivity index (χ4v) is 2.79. The Bertz CT molecular complexity index is 625. The van der Waals surface area contributed by atoms with Gasteiger partial charge in [0, 0.05) is 46.4 Å². The highest BCUT2D eigenvalue weighted by Crippen LogP contribution is 2.25. The predicted octanol–water partition coefficient (Wildman–Crippen LogP) is 4.40. The van der Waals surface area contributed by atoms with Crippen LogP contribution in [0.1, 0.15) is 23.1 Å². The third kappa shape index (κ3) is 4.46. The number of benzene rings is 1. The molecule has 21 heavy (non-hydrogen) atoms. The van der Waals surface area contributed by atoms with Gasteiger partial charge < -0.3 is 10.6 Å². The lowest BCUT2D eigenvalue weighted by Crippen LogP contribution is -2.03. The largest absolute Gasteiger partial charge is 0.385 e. The molecule has 0 saturated carbocycles. The summed E-state index contributed by atoms with van der Waals surface area (Å²) in [4.78, 5) is 13.1. The summed E-state index contributed by atoms with van der Waals surface area (Å²) in [6.45, 7) is 5.59. The number of non-ortho nitro benzene ring substituents is 1. The standard InChI is InChI=1S/C15H19N3O2S/c1-3-6-16-12-7-13(9-14(8-12)18(19)20)17-10-15-5-4-11(2)21-15/h4-5,7-9,16-17H,3,6,10H2,1-2H3. The molecule has 1 heterocycles. The molecule has 0 amide bonds. The summed E-state index contributed by atoms with van der Waals surface area (Å²) < 4.78 is 0. The van der Waals surface area contributed by atoms with E-state index in [2.05, 4.69) is 36.6 Å². The zero-order chi connectivity index (χ0) is 15.2. The maximum atomic E-state index is 11.0. The monoisotopic (exact) mass is 305 g/mol. The van der Waals surface area contributed by atoms with Gasteiger partial charge in [0.1, 0.15) is 0 Å². The minimum absolute atomic E-state index is 0.0981. The van der Waals surface area contributed by atoms with Gasteiger partial charge in [-0.05, 0) is 31.5 Å². The Morgan fingerprint density at radius 1 is 1.19 bits per heavy atom. The molecule has 2 N–H and O–H groups in total. The highest BCUT2D eigenvalue weighted by atomic mass is 32.1. The van der Waals surface area contributed by atoms with E-state index in [1.54, 1.807) is 23.5 Å². The summed E-state index contributed by atoms with van der Waals surface area (Å²) in [5, 5.41) is 17.5. The first-order chi connectivity index (χ1) is 10.1. The normalized spacial score (nSPS) is 10.4. The number of anilines is 2. The van der Waals surface area contributed by atoms with Crippen LogP contribution in [0.3, 0.4) is 0 Å². The molecule has 0 spiro atoms. The van der Waals surface area contributed by atoms with Gasteiger partial charge in [-0.2, -0.15) is 0 Å². The Morgan fingerprint density at radius 3 is 2.48 bits per heavy atom. The lowest BCUT2D eigenvalue weighted by molar-refractivity contribution is -0.384. The van der Waals surface area contributed by atoms with Gasteiger partial charge in [-0.1, -0.05) is 6.92 Å². The van der Waals surface area contributed by atoms with E-state index in [1.165, 1.54) is 9.75 Å². The Balaban J connectivity index is 2.12. The molecule has 1 aromatic carbocycles. The summed E-state index contributed by atoms with van der Waals surface area (Å²) in [5.74, 6) is 0. The lowest BCUT2D eigenvalue weighted by Gasteiger charge is -2.09. The molecule has 0 unspecified atom stereocenters. The maximum absolute atomic E-state index is 11.0. The fourth-order valence-electron chi connectivity index (χ4n) is 1.96. The molecule has 5 nitrogen and oxygen atoms in total. The van der Waals surface area contributed by atoms with E-state index in [-0.39, 0.29) is 10.6 Å². The number of hydrogen-bond acceptors (Lipinski definition) is 5. The molecule has 2 rings (SSSR count). The van der Waals surface area contributed by atoms with E-state index < -0.39 is 0 Å². The number of nitrogens with zero attached hydrogens (tertiary/aromatic N) is 1. The van der Waals surface area contributed by atoms with Crippen molar-refractivity contribution >= 4 is 28.4 Å². The second-order valence-electron chi connectivity index (χ2n) is 4.82. The molecule has 1 aromatic heterocycles. The van der Waals surface area contributed by atoms with E-state index in [0.29, 0.717) is 6.54 Å². The van der Waals surface area contributed by atoms with E-state index in [0.717, 1.165) is 24.3 Å². The molecule has 0 aliphatic heterocycles. The Kier molecular flexibility index (Phi) is 5.16. The van der Waals surface area contributed by atoms with Crippen molar-refractivity contribution in [2.24, 2.45) is 0 Å². The number of rotatable bonds is 7. The van der Waals surface area contributed by atoms with Crippen molar-refractivity contribution in [2.45, 2.75) is 26.8 Å². The second kappa shape index (κ2) is 7.08. The zero-order valence-electron chi connectivity index (χ0n) is 12.2. The van der Waals surface area contributed by atoms with Gasteiger partial charge in [0.05, 0.1) is 4.92 Å². The average molecular weight is 305 g/mol. The van der Waals surface area contributed by atoms with Crippen LogP contribution in [-0.2, 0) is 6.54 Å². The van der Waals surface area contributed by atoms with Crippen molar-refractivity contribution in [3.63, 3.8) is 0 Å². The van der Waals surface area contributed by atoms with Crippen molar-refractivity contribution in [1.29, 1.82) is 0 Å². The van der Waals surface area contributed by atoms with Gasteiger partial charge in [0.15, 0.2) is 0 Å². The van der Waals surface area contributed by atoms with E-state index in [1.807, 2.05) is 6.07 Å². The molecule has 0 aliphatic carbocycles.